The Morgan fingerprint density at radius 1 is 1.64 bits per heavy atom. The molecule has 5 heteroatoms. The lowest BCUT2D eigenvalue weighted by Gasteiger charge is -2.04. The molecule has 1 amide bonds. The first-order valence-electron chi connectivity index (χ1n) is 3.74. The summed E-state index contributed by atoms with van der Waals surface area (Å²) in [6, 6.07) is 5.18. The molecule has 0 radical (unpaired) electrons. The van der Waals surface area contributed by atoms with Gasteiger partial charge in [0.05, 0.1) is 5.56 Å². The fraction of sp³-hybridized carbons (Fsp3) is 0.111. The van der Waals surface area contributed by atoms with Crippen molar-refractivity contribution in [2.24, 2.45) is 5.73 Å². The van der Waals surface area contributed by atoms with Gasteiger partial charge in [-0.25, -0.2) is 4.39 Å². The lowest BCUT2D eigenvalue weighted by Crippen LogP contribution is -2.20. The van der Waals surface area contributed by atoms with Crippen LogP contribution in [0.5, 0.6) is 5.75 Å². The number of rotatable bonds is 3. The van der Waals surface area contributed by atoms with Crippen molar-refractivity contribution in [2.75, 3.05) is 6.61 Å². The third-order valence-electron chi connectivity index (χ3n) is 1.43. The van der Waals surface area contributed by atoms with Crippen LogP contribution in [0, 0.1) is 17.1 Å². The molecule has 0 aliphatic heterocycles. The van der Waals surface area contributed by atoms with E-state index >= 15 is 0 Å². The number of carbonyl (C=O) groups excluding carboxylic acids is 1. The van der Waals surface area contributed by atoms with Crippen molar-refractivity contribution in [3.8, 4) is 11.8 Å². The Labute approximate surface area is 79.7 Å². The first-order chi connectivity index (χ1) is 6.63. The standard InChI is InChI=1S/C9H7FN2O2/c10-7-1-2-8(6(3-7)4-11)14-5-9(12)13/h1-3H,5H2,(H2,12,13). The van der Waals surface area contributed by atoms with Crippen LogP contribution in [0.25, 0.3) is 0 Å². The fourth-order valence-corrected chi connectivity index (χ4v) is 0.864. The molecule has 0 bridgehead atoms. The number of hydrogen-bond donors (Lipinski definition) is 1. The van der Waals surface area contributed by atoms with Gasteiger partial charge in [0.15, 0.2) is 6.61 Å². The van der Waals surface area contributed by atoms with Crippen LogP contribution in [0.3, 0.4) is 0 Å². The van der Waals surface area contributed by atoms with Gasteiger partial charge in [-0.3, -0.25) is 4.79 Å². The molecular formula is C9H7FN2O2. The van der Waals surface area contributed by atoms with Crippen molar-refractivity contribution in [2.45, 2.75) is 0 Å². The smallest absolute Gasteiger partial charge is 0.255 e. The van der Waals surface area contributed by atoms with Gasteiger partial charge in [0.1, 0.15) is 17.6 Å². The minimum absolute atomic E-state index is 0.0336. The molecule has 1 rings (SSSR count). The van der Waals surface area contributed by atoms with E-state index in [0.717, 1.165) is 12.1 Å². The lowest BCUT2D eigenvalue weighted by molar-refractivity contribution is -0.119. The van der Waals surface area contributed by atoms with E-state index in [-0.39, 0.29) is 17.9 Å². The van der Waals surface area contributed by atoms with E-state index in [1.807, 2.05) is 0 Å². The van der Waals surface area contributed by atoms with Crippen molar-refractivity contribution in [1.82, 2.24) is 0 Å². The molecule has 0 unspecified atom stereocenters. The lowest BCUT2D eigenvalue weighted by atomic mass is 10.2. The highest BCUT2D eigenvalue weighted by Crippen LogP contribution is 2.18. The predicted molar refractivity (Wildman–Crippen MR) is 45.8 cm³/mol. The van der Waals surface area contributed by atoms with E-state index in [4.69, 9.17) is 15.7 Å². The molecule has 0 saturated heterocycles. The Hall–Kier alpha value is -2.09. The summed E-state index contributed by atoms with van der Waals surface area (Å²) in [5.74, 6) is -1.04. The van der Waals surface area contributed by atoms with Crippen LogP contribution in [0.4, 0.5) is 4.39 Å². The monoisotopic (exact) mass is 194 g/mol. The highest BCUT2D eigenvalue weighted by atomic mass is 19.1. The fourth-order valence-electron chi connectivity index (χ4n) is 0.864. The van der Waals surface area contributed by atoms with Gasteiger partial charge in [-0.1, -0.05) is 0 Å². The maximum Gasteiger partial charge on any atom is 0.255 e. The molecule has 2 N–H and O–H groups in total. The minimum Gasteiger partial charge on any atom is -0.482 e. The van der Waals surface area contributed by atoms with Crippen LogP contribution < -0.4 is 10.5 Å². The molecule has 0 heterocycles. The Morgan fingerprint density at radius 2 is 2.36 bits per heavy atom. The molecular weight excluding hydrogens is 187 g/mol. The molecule has 1 aromatic rings. The number of halogens is 1. The summed E-state index contributed by atoms with van der Waals surface area (Å²) in [5.41, 5.74) is 4.87. The van der Waals surface area contributed by atoms with Gasteiger partial charge >= 0.3 is 0 Å². The number of ether oxygens (including phenoxy) is 1. The van der Waals surface area contributed by atoms with Gasteiger partial charge in [0.2, 0.25) is 0 Å². The molecule has 1 aromatic carbocycles. The molecule has 0 aliphatic carbocycles. The zero-order valence-electron chi connectivity index (χ0n) is 7.16. The van der Waals surface area contributed by atoms with Crippen LogP contribution >= 0.6 is 0 Å². The summed E-state index contributed by atoms with van der Waals surface area (Å²) in [5, 5.41) is 8.60. The van der Waals surface area contributed by atoms with E-state index in [1.54, 1.807) is 6.07 Å². The highest BCUT2D eigenvalue weighted by molar-refractivity contribution is 5.75. The first kappa shape index (κ1) is 9.99. The Balaban J connectivity index is 2.87. The molecule has 0 fully saturated rings. The van der Waals surface area contributed by atoms with Gasteiger partial charge < -0.3 is 10.5 Å². The summed E-state index contributed by atoms with van der Waals surface area (Å²) < 4.78 is 17.5. The number of primary amides is 1. The van der Waals surface area contributed by atoms with E-state index in [0.29, 0.717) is 0 Å². The second-order valence-corrected chi connectivity index (χ2v) is 2.51. The van der Waals surface area contributed by atoms with Crippen molar-refractivity contribution < 1.29 is 13.9 Å². The van der Waals surface area contributed by atoms with Crippen LogP contribution in [-0.4, -0.2) is 12.5 Å². The predicted octanol–water partition coefficient (Wildman–Crippen LogP) is 0.561. The second kappa shape index (κ2) is 4.23. The van der Waals surface area contributed by atoms with Gasteiger partial charge in [-0.05, 0) is 18.2 Å². The zero-order chi connectivity index (χ0) is 10.6. The summed E-state index contributed by atoms with van der Waals surface area (Å²) in [7, 11) is 0. The molecule has 0 atom stereocenters. The second-order valence-electron chi connectivity index (χ2n) is 2.51. The number of hydrogen-bond acceptors (Lipinski definition) is 3. The average Bonchev–Trinajstić information content (AvgIpc) is 2.15. The van der Waals surface area contributed by atoms with E-state index in [1.165, 1.54) is 6.07 Å². The molecule has 72 valence electrons. The van der Waals surface area contributed by atoms with Gasteiger partial charge in [0, 0.05) is 0 Å². The van der Waals surface area contributed by atoms with Gasteiger partial charge in [0.25, 0.3) is 5.91 Å². The molecule has 14 heavy (non-hydrogen) atoms. The third kappa shape index (κ3) is 2.45. The first-order valence-corrected chi connectivity index (χ1v) is 3.74. The Kier molecular flexibility index (Phi) is 3.02. The van der Waals surface area contributed by atoms with Gasteiger partial charge in [-0.15, -0.1) is 0 Å². The average molecular weight is 194 g/mol. The maximum atomic E-state index is 12.6. The molecule has 0 aromatic heterocycles. The van der Waals surface area contributed by atoms with Crippen LogP contribution in [0.15, 0.2) is 18.2 Å². The van der Waals surface area contributed by atoms with E-state index < -0.39 is 11.7 Å². The number of nitrogens with zero attached hydrogens (tertiary/aromatic N) is 1. The SMILES string of the molecule is N#Cc1cc(F)ccc1OCC(N)=O. The quantitative estimate of drug-likeness (QED) is 0.763. The molecule has 4 nitrogen and oxygen atoms in total. The topological polar surface area (TPSA) is 76.1 Å². The minimum atomic E-state index is -0.654. The number of nitriles is 1. The molecule has 0 saturated carbocycles. The van der Waals surface area contributed by atoms with Crippen molar-refractivity contribution >= 4 is 5.91 Å². The highest BCUT2D eigenvalue weighted by Gasteiger charge is 2.05. The van der Waals surface area contributed by atoms with Crippen molar-refractivity contribution in [1.29, 1.82) is 5.26 Å². The van der Waals surface area contributed by atoms with Crippen molar-refractivity contribution in [3.05, 3.63) is 29.6 Å². The maximum absolute atomic E-state index is 12.6. The largest absolute Gasteiger partial charge is 0.482 e. The Bertz CT molecular complexity index is 398. The van der Waals surface area contributed by atoms with Crippen LogP contribution in [-0.2, 0) is 4.79 Å². The summed E-state index contributed by atoms with van der Waals surface area (Å²) in [4.78, 5) is 10.4. The summed E-state index contributed by atoms with van der Waals surface area (Å²) >= 11 is 0. The van der Waals surface area contributed by atoms with E-state index in [9.17, 15) is 9.18 Å². The number of benzene rings is 1. The molecule has 0 spiro atoms. The van der Waals surface area contributed by atoms with E-state index in [2.05, 4.69) is 0 Å². The summed E-state index contributed by atoms with van der Waals surface area (Å²) in [6.07, 6.45) is 0. The zero-order valence-corrected chi connectivity index (χ0v) is 7.16. The normalized spacial score (nSPS) is 9.14. The third-order valence-corrected chi connectivity index (χ3v) is 1.43. The Morgan fingerprint density at radius 3 is 2.93 bits per heavy atom. The number of amides is 1. The number of carbonyl (C=O) groups is 1. The van der Waals surface area contributed by atoms with Gasteiger partial charge in [-0.2, -0.15) is 5.26 Å². The van der Waals surface area contributed by atoms with Crippen LogP contribution in [0.2, 0.25) is 0 Å². The number of nitrogens with two attached hydrogens (primary N) is 1. The van der Waals surface area contributed by atoms with Crippen LogP contribution in [0.1, 0.15) is 5.56 Å². The summed E-state index contributed by atoms with van der Waals surface area (Å²) in [6.45, 7) is -0.333. The molecule has 0 aliphatic rings. The van der Waals surface area contributed by atoms with Crippen molar-refractivity contribution in [3.63, 3.8) is 0 Å².